The van der Waals surface area contributed by atoms with Gasteiger partial charge in [-0.1, -0.05) is 41.9 Å². The maximum absolute atomic E-state index is 12.2. The van der Waals surface area contributed by atoms with Crippen LogP contribution in [0.25, 0.3) is 22.2 Å². The van der Waals surface area contributed by atoms with E-state index in [1.165, 1.54) is 12.1 Å². The SMILES string of the molecule is FC(F)Oc1ccc2nc(-c3ccccc3)cc(Cl)c2c1. The predicted octanol–water partition coefficient (Wildman–Crippen LogP) is 5.16. The molecule has 0 aliphatic heterocycles. The Bertz CT molecular complexity index is 778. The van der Waals surface area contributed by atoms with E-state index in [1.54, 1.807) is 12.1 Å². The number of nitrogens with zero attached hydrogens (tertiary/aromatic N) is 1. The highest BCUT2D eigenvalue weighted by atomic mass is 35.5. The van der Waals surface area contributed by atoms with E-state index >= 15 is 0 Å². The van der Waals surface area contributed by atoms with Crippen molar-refractivity contribution in [1.82, 2.24) is 4.98 Å². The van der Waals surface area contributed by atoms with E-state index < -0.39 is 6.61 Å². The average Bonchev–Trinajstić information content (AvgIpc) is 2.48. The van der Waals surface area contributed by atoms with Crippen molar-refractivity contribution in [3.63, 3.8) is 0 Å². The number of benzene rings is 2. The highest BCUT2D eigenvalue weighted by molar-refractivity contribution is 6.35. The molecular weight excluding hydrogens is 296 g/mol. The first kappa shape index (κ1) is 13.8. The van der Waals surface area contributed by atoms with Gasteiger partial charge in [-0.25, -0.2) is 4.98 Å². The molecule has 2 aromatic carbocycles. The van der Waals surface area contributed by atoms with E-state index in [1.807, 2.05) is 30.3 Å². The van der Waals surface area contributed by atoms with Crippen molar-refractivity contribution in [3.8, 4) is 17.0 Å². The minimum Gasteiger partial charge on any atom is -0.435 e. The second-order valence-corrected chi connectivity index (χ2v) is 4.82. The quantitative estimate of drug-likeness (QED) is 0.667. The lowest BCUT2D eigenvalue weighted by atomic mass is 10.1. The van der Waals surface area contributed by atoms with Gasteiger partial charge in [0.2, 0.25) is 0 Å². The van der Waals surface area contributed by atoms with Gasteiger partial charge in [-0.15, -0.1) is 0 Å². The van der Waals surface area contributed by atoms with Crippen LogP contribution in [0.1, 0.15) is 0 Å². The van der Waals surface area contributed by atoms with Crippen LogP contribution in [-0.4, -0.2) is 11.6 Å². The number of pyridine rings is 1. The number of halogens is 3. The van der Waals surface area contributed by atoms with E-state index in [4.69, 9.17) is 11.6 Å². The van der Waals surface area contributed by atoms with Crippen LogP contribution in [0, 0.1) is 0 Å². The van der Waals surface area contributed by atoms with E-state index in [9.17, 15) is 8.78 Å². The Balaban J connectivity index is 2.09. The third-order valence-corrected chi connectivity index (χ3v) is 3.34. The molecule has 3 rings (SSSR count). The fourth-order valence-electron chi connectivity index (χ4n) is 2.10. The van der Waals surface area contributed by atoms with E-state index in [0.29, 0.717) is 15.9 Å². The molecule has 0 fully saturated rings. The lowest BCUT2D eigenvalue weighted by molar-refractivity contribution is -0.0497. The zero-order valence-corrected chi connectivity index (χ0v) is 11.5. The molecule has 0 saturated heterocycles. The lowest BCUT2D eigenvalue weighted by Crippen LogP contribution is -2.01. The van der Waals surface area contributed by atoms with Crippen LogP contribution in [0.2, 0.25) is 5.02 Å². The molecule has 106 valence electrons. The topological polar surface area (TPSA) is 22.1 Å². The smallest absolute Gasteiger partial charge is 0.387 e. The Labute approximate surface area is 125 Å². The molecule has 0 amide bonds. The van der Waals surface area contributed by atoms with Gasteiger partial charge >= 0.3 is 6.61 Å². The third-order valence-electron chi connectivity index (χ3n) is 3.02. The highest BCUT2D eigenvalue weighted by Crippen LogP contribution is 2.30. The normalized spacial score (nSPS) is 11.0. The largest absolute Gasteiger partial charge is 0.435 e. The van der Waals surface area contributed by atoms with Gasteiger partial charge in [0.15, 0.2) is 0 Å². The Kier molecular flexibility index (Phi) is 3.71. The first-order valence-corrected chi connectivity index (χ1v) is 6.62. The number of fused-ring (bicyclic) bond motifs is 1. The Hall–Kier alpha value is -2.20. The molecule has 0 bridgehead atoms. The van der Waals surface area contributed by atoms with Crippen LogP contribution >= 0.6 is 11.6 Å². The molecule has 2 nitrogen and oxygen atoms in total. The van der Waals surface area contributed by atoms with Gasteiger partial charge in [-0.2, -0.15) is 8.78 Å². The van der Waals surface area contributed by atoms with Crippen molar-refractivity contribution < 1.29 is 13.5 Å². The molecule has 0 aliphatic rings. The molecule has 0 aliphatic carbocycles. The molecule has 0 radical (unpaired) electrons. The van der Waals surface area contributed by atoms with Crippen molar-refractivity contribution in [2.75, 3.05) is 0 Å². The lowest BCUT2D eigenvalue weighted by Gasteiger charge is -2.08. The third kappa shape index (κ3) is 2.95. The van der Waals surface area contributed by atoms with Crippen LogP contribution in [0.15, 0.2) is 54.6 Å². The summed E-state index contributed by atoms with van der Waals surface area (Å²) in [6.45, 7) is -2.86. The van der Waals surface area contributed by atoms with E-state index in [-0.39, 0.29) is 5.75 Å². The summed E-state index contributed by atoms with van der Waals surface area (Å²) in [6.07, 6.45) is 0. The van der Waals surface area contributed by atoms with Gasteiger partial charge in [0.1, 0.15) is 5.75 Å². The van der Waals surface area contributed by atoms with Crippen LogP contribution in [0.5, 0.6) is 5.75 Å². The fraction of sp³-hybridized carbons (Fsp3) is 0.0625. The van der Waals surface area contributed by atoms with E-state index in [2.05, 4.69) is 9.72 Å². The molecule has 0 N–H and O–H groups in total. The molecule has 0 saturated carbocycles. The summed E-state index contributed by atoms with van der Waals surface area (Å²) in [5, 5.41) is 1.02. The van der Waals surface area contributed by atoms with Gasteiger partial charge in [0, 0.05) is 10.9 Å². The number of hydrogen-bond donors (Lipinski definition) is 0. The number of aromatic nitrogens is 1. The zero-order chi connectivity index (χ0) is 14.8. The molecule has 5 heteroatoms. The monoisotopic (exact) mass is 305 g/mol. The van der Waals surface area contributed by atoms with Gasteiger partial charge in [-0.05, 0) is 24.3 Å². The van der Waals surface area contributed by atoms with Crippen LogP contribution < -0.4 is 4.74 Å². The first-order chi connectivity index (χ1) is 10.1. The second kappa shape index (κ2) is 5.66. The Morgan fingerprint density at radius 2 is 1.76 bits per heavy atom. The molecule has 1 heterocycles. The summed E-state index contributed by atoms with van der Waals surface area (Å²) in [5.41, 5.74) is 2.30. The second-order valence-electron chi connectivity index (χ2n) is 4.41. The number of ether oxygens (including phenoxy) is 1. The molecule has 0 spiro atoms. The molecule has 0 unspecified atom stereocenters. The molecule has 0 atom stereocenters. The van der Waals surface area contributed by atoms with Crippen LogP contribution in [-0.2, 0) is 0 Å². The predicted molar refractivity (Wildman–Crippen MR) is 78.8 cm³/mol. The van der Waals surface area contributed by atoms with Crippen molar-refractivity contribution in [2.45, 2.75) is 6.61 Å². The Morgan fingerprint density at radius 3 is 2.48 bits per heavy atom. The van der Waals surface area contributed by atoms with Crippen LogP contribution in [0.3, 0.4) is 0 Å². The van der Waals surface area contributed by atoms with Crippen molar-refractivity contribution >= 4 is 22.5 Å². The number of rotatable bonds is 3. The summed E-state index contributed by atoms with van der Waals surface area (Å²) in [6, 6.07) is 15.8. The van der Waals surface area contributed by atoms with Crippen molar-refractivity contribution in [2.24, 2.45) is 0 Å². The van der Waals surface area contributed by atoms with Gasteiger partial charge in [0.05, 0.1) is 16.2 Å². The average molecular weight is 306 g/mol. The molecule has 1 aromatic heterocycles. The first-order valence-electron chi connectivity index (χ1n) is 6.24. The number of alkyl halides is 2. The summed E-state index contributed by atoms with van der Waals surface area (Å²) in [7, 11) is 0. The summed E-state index contributed by atoms with van der Waals surface area (Å²) in [4.78, 5) is 4.50. The highest BCUT2D eigenvalue weighted by Gasteiger charge is 2.09. The number of hydrogen-bond acceptors (Lipinski definition) is 2. The maximum atomic E-state index is 12.2. The summed E-state index contributed by atoms with van der Waals surface area (Å²) in [5.74, 6) is 0.0636. The van der Waals surface area contributed by atoms with E-state index in [0.717, 1.165) is 11.3 Å². The van der Waals surface area contributed by atoms with Gasteiger partial charge < -0.3 is 4.74 Å². The zero-order valence-electron chi connectivity index (χ0n) is 10.8. The molecular formula is C16H10ClF2NO. The van der Waals surface area contributed by atoms with Crippen molar-refractivity contribution in [3.05, 3.63) is 59.6 Å². The standard InChI is InChI=1S/C16H10ClF2NO/c17-13-9-15(10-4-2-1-3-5-10)20-14-7-6-11(8-12(13)14)21-16(18)19/h1-9,16H. The van der Waals surface area contributed by atoms with Gasteiger partial charge in [0.25, 0.3) is 0 Å². The fourth-order valence-corrected chi connectivity index (χ4v) is 2.35. The molecule has 3 aromatic rings. The Morgan fingerprint density at radius 1 is 1.00 bits per heavy atom. The summed E-state index contributed by atoms with van der Waals surface area (Å²) >= 11 is 6.24. The maximum Gasteiger partial charge on any atom is 0.387 e. The van der Waals surface area contributed by atoms with Crippen LogP contribution in [0.4, 0.5) is 8.78 Å². The van der Waals surface area contributed by atoms with Crippen molar-refractivity contribution in [1.29, 1.82) is 0 Å². The van der Waals surface area contributed by atoms with Gasteiger partial charge in [-0.3, -0.25) is 0 Å². The summed E-state index contributed by atoms with van der Waals surface area (Å²) < 4.78 is 28.8. The minimum absolute atomic E-state index is 0.0636. The minimum atomic E-state index is -2.86. The molecule has 21 heavy (non-hydrogen) atoms.